The average Bonchev–Trinajstić information content (AvgIpc) is 3.10. The van der Waals surface area contributed by atoms with E-state index in [4.69, 9.17) is 4.74 Å². The van der Waals surface area contributed by atoms with Gasteiger partial charge in [-0.25, -0.2) is 4.98 Å². The molecule has 2 aromatic rings. The normalized spacial score (nSPS) is 21.0. The number of carbonyl (C=O) groups is 1. The van der Waals surface area contributed by atoms with Crippen LogP contribution in [0.1, 0.15) is 16.8 Å². The van der Waals surface area contributed by atoms with E-state index in [1.165, 1.54) is 0 Å². The Morgan fingerprint density at radius 1 is 1.46 bits per heavy atom. The second-order valence-corrected chi connectivity index (χ2v) is 6.36. The Morgan fingerprint density at radius 2 is 2.29 bits per heavy atom. The molecule has 128 valence electrons. The third-order valence-corrected chi connectivity index (χ3v) is 4.56. The van der Waals surface area contributed by atoms with Gasteiger partial charge in [-0.15, -0.1) is 0 Å². The molecule has 1 fully saturated rings. The lowest BCUT2D eigenvalue weighted by atomic mass is 9.91. The Hall–Kier alpha value is -2.18. The van der Waals surface area contributed by atoms with Crippen molar-refractivity contribution in [2.75, 3.05) is 26.3 Å². The van der Waals surface area contributed by atoms with E-state index in [-0.39, 0.29) is 18.9 Å². The van der Waals surface area contributed by atoms with E-state index < -0.39 is 5.60 Å². The van der Waals surface area contributed by atoms with Gasteiger partial charge in [0.1, 0.15) is 5.60 Å². The maximum Gasteiger partial charge on any atom is 0.228 e. The van der Waals surface area contributed by atoms with Gasteiger partial charge in [-0.05, 0) is 18.1 Å². The molecule has 0 radical (unpaired) electrons. The Morgan fingerprint density at radius 3 is 3.00 bits per heavy atom. The number of hydrogen-bond acceptors (Lipinski definition) is 4. The van der Waals surface area contributed by atoms with E-state index in [1.54, 1.807) is 17.4 Å². The van der Waals surface area contributed by atoms with E-state index >= 15 is 0 Å². The van der Waals surface area contributed by atoms with Gasteiger partial charge in [0, 0.05) is 24.9 Å². The number of imidazole rings is 1. The van der Waals surface area contributed by atoms with Crippen LogP contribution in [0, 0.1) is 6.92 Å². The van der Waals surface area contributed by atoms with Gasteiger partial charge in [0.2, 0.25) is 5.91 Å². The number of hydrogen-bond donors (Lipinski definition) is 2. The Labute approximate surface area is 141 Å². The minimum atomic E-state index is -0.742. The maximum atomic E-state index is 12.5. The maximum absolute atomic E-state index is 12.5. The number of amides is 1. The molecule has 0 unspecified atom stereocenters. The standard InChI is InChI=1S/C18H23N3O3/c1-14-4-2-3-5-15(14)9-18(12-22)11-21(6-7-24-18)17(23)8-16-10-19-13-20-16/h2-5,10,13,22H,6-9,11-12H2,1H3,(H,19,20)/t18-/m1/s1. The molecule has 1 atom stereocenters. The van der Waals surface area contributed by atoms with Crippen LogP contribution in [-0.4, -0.2) is 57.8 Å². The van der Waals surface area contributed by atoms with Gasteiger partial charge in [0.05, 0.1) is 32.5 Å². The molecule has 0 bridgehead atoms. The molecule has 1 aliphatic heterocycles. The lowest BCUT2D eigenvalue weighted by Crippen LogP contribution is -2.57. The van der Waals surface area contributed by atoms with Crippen molar-refractivity contribution < 1.29 is 14.6 Å². The largest absolute Gasteiger partial charge is 0.393 e. The molecular weight excluding hydrogens is 306 g/mol. The predicted molar refractivity (Wildman–Crippen MR) is 89.5 cm³/mol. The van der Waals surface area contributed by atoms with Crippen molar-refractivity contribution in [2.45, 2.75) is 25.4 Å². The number of nitrogens with zero attached hydrogens (tertiary/aromatic N) is 2. The van der Waals surface area contributed by atoms with Crippen molar-refractivity contribution in [3.8, 4) is 0 Å². The summed E-state index contributed by atoms with van der Waals surface area (Å²) >= 11 is 0. The second-order valence-electron chi connectivity index (χ2n) is 6.36. The SMILES string of the molecule is Cc1ccccc1C[C@]1(CO)CN(C(=O)Cc2cnc[nH]2)CCO1. The molecule has 3 rings (SSSR count). The van der Waals surface area contributed by atoms with Crippen LogP contribution in [0.15, 0.2) is 36.8 Å². The van der Waals surface area contributed by atoms with Gasteiger partial charge >= 0.3 is 0 Å². The monoisotopic (exact) mass is 329 g/mol. The summed E-state index contributed by atoms with van der Waals surface area (Å²) < 4.78 is 5.93. The highest BCUT2D eigenvalue weighted by Crippen LogP contribution is 2.25. The number of aryl methyl sites for hydroxylation is 1. The fraction of sp³-hybridized carbons (Fsp3) is 0.444. The average molecular weight is 329 g/mol. The molecule has 1 amide bonds. The minimum absolute atomic E-state index is 0.0187. The number of ether oxygens (including phenoxy) is 1. The summed E-state index contributed by atoms with van der Waals surface area (Å²) in [5.41, 5.74) is 2.35. The van der Waals surface area contributed by atoms with Gasteiger partial charge in [0.15, 0.2) is 0 Å². The zero-order valence-electron chi connectivity index (χ0n) is 13.9. The smallest absolute Gasteiger partial charge is 0.228 e. The first kappa shape index (κ1) is 16.7. The Balaban J connectivity index is 1.72. The summed E-state index contributed by atoms with van der Waals surface area (Å²) in [5, 5.41) is 9.97. The van der Waals surface area contributed by atoms with Gasteiger partial charge in [0.25, 0.3) is 0 Å². The second kappa shape index (κ2) is 7.15. The molecule has 2 heterocycles. The van der Waals surface area contributed by atoms with Crippen LogP contribution in [0.2, 0.25) is 0 Å². The number of H-pyrrole nitrogens is 1. The molecule has 6 heteroatoms. The molecule has 24 heavy (non-hydrogen) atoms. The fourth-order valence-electron chi connectivity index (χ4n) is 3.13. The summed E-state index contributed by atoms with van der Waals surface area (Å²) in [4.78, 5) is 21.2. The van der Waals surface area contributed by atoms with Gasteiger partial charge in [-0.2, -0.15) is 0 Å². The minimum Gasteiger partial charge on any atom is -0.393 e. The highest BCUT2D eigenvalue weighted by atomic mass is 16.5. The van der Waals surface area contributed by atoms with E-state index in [0.29, 0.717) is 26.1 Å². The fourth-order valence-corrected chi connectivity index (χ4v) is 3.13. The van der Waals surface area contributed by atoms with Crippen LogP contribution in [0.25, 0.3) is 0 Å². The van der Waals surface area contributed by atoms with Gasteiger partial charge < -0.3 is 19.7 Å². The molecule has 6 nitrogen and oxygen atoms in total. The predicted octanol–water partition coefficient (Wildman–Crippen LogP) is 1.09. The van der Waals surface area contributed by atoms with Gasteiger partial charge in [-0.3, -0.25) is 4.79 Å². The van der Waals surface area contributed by atoms with Crippen LogP contribution < -0.4 is 0 Å². The van der Waals surface area contributed by atoms with E-state index in [1.807, 2.05) is 31.2 Å². The number of aliphatic hydroxyl groups is 1. The first-order valence-corrected chi connectivity index (χ1v) is 8.16. The summed E-state index contributed by atoms with van der Waals surface area (Å²) in [6.07, 6.45) is 4.10. The molecule has 1 aromatic carbocycles. The Bertz CT molecular complexity index is 687. The highest BCUT2D eigenvalue weighted by molar-refractivity contribution is 5.78. The van der Waals surface area contributed by atoms with Crippen LogP contribution in [0.5, 0.6) is 0 Å². The third-order valence-electron chi connectivity index (χ3n) is 4.56. The molecule has 2 N–H and O–H groups in total. The lowest BCUT2D eigenvalue weighted by molar-refractivity contribution is -0.157. The molecule has 1 saturated heterocycles. The third kappa shape index (κ3) is 3.66. The zero-order chi connectivity index (χ0) is 17.0. The Kier molecular flexibility index (Phi) is 4.97. The summed E-state index contributed by atoms with van der Waals surface area (Å²) in [7, 11) is 0. The molecular formula is C18H23N3O3. The van der Waals surface area contributed by atoms with Crippen LogP contribution in [0.4, 0.5) is 0 Å². The van der Waals surface area contributed by atoms with E-state index in [0.717, 1.165) is 16.8 Å². The zero-order valence-corrected chi connectivity index (χ0v) is 13.9. The molecule has 0 spiro atoms. The first-order valence-electron chi connectivity index (χ1n) is 8.16. The van der Waals surface area contributed by atoms with Crippen molar-refractivity contribution in [1.82, 2.24) is 14.9 Å². The number of aliphatic hydroxyl groups excluding tert-OH is 1. The van der Waals surface area contributed by atoms with Crippen molar-refractivity contribution >= 4 is 5.91 Å². The molecule has 0 saturated carbocycles. The molecule has 0 aliphatic carbocycles. The van der Waals surface area contributed by atoms with Crippen LogP contribution >= 0.6 is 0 Å². The van der Waals surface area contributed by atoms with E-state index in [9.17, 15) is 9.90 Å². The summed E-state index contributed by atoms with van der Waals surface area (Å²) in [6, 6.07) is 8.07. The van der Waals surface area contributed by atoms with Crippen molar-refractivity contribution in [3.05, 3.63) is 53.6 Å². The van der Waals surface area contributed by atoms with Crippen molar-refractivity contribution in [1.29, 1.82) is 0 Å². The lowest BCUT2D eigenvalue weighted by Gasteiger charge is -2.42. The van der Waals surface area contributed by atoms with Gasteiger partial charge in [-0.1, -0.05) is 24.3 Å². The first-order chi connectivity index (χ1) is 11.6. The number of rotatable bonds is 5. The summed E-state index contributed by atoms with van der Waals surface area (Å²) in [5.74, 6) is 0.0187. The highest BCUT2D eigenvalue weighted by Gasteiger charge is 2.38. The van der Waals surface area contributed by atoms with Crippen LogP contribution in [-0.2, 0) is 22.4 Å². The number of aromatic amines is 1. The number of morpholine rings is 1. The van der Waals surface area contributed by atoms with E-state index in [2.05, 4.69) is 9.97 Å². The molecule has 1 aromatic heterocycles. The number of aromatic nitrogens is 2. The molecule has 1 aliphatic rings. The quantitative estimate of drug-likeness (QED) is 0.861. The van der Waals surface area contributed by atoms with Crippen molar-refractivity contribution in [2.24, 2.45) is 0 Å². The topological polar surface area (TPSA) is 78.5 Å². The van der Waals surface area contributed by atoms with Crippen LogP contribution in [0.3, 0.4) is 0 Å². The number of carbonyl (C=O) groups excluding carboxylic acids is 1. The number of benzene rings is 1. The van der Waals surface area contributed by atoms with Crippen molar-refractivity contribution in [3.63, 3.8) is 0 Å². The summed E-state index contributed by atoms with van der Waals surface area (Å²) in [6.45, 7) is 3.30. The number of nitrogens with one attached hydrogen (secondary N) is 1.